The molecule has 22 heavy (non-hydrogen) atoms. The number of hydrogen-bond donors (Lipinski definition) is 1. The monoisotopic (exact) mass is 299 g/mol. The first kappa shape index (κ1) is 14.7. The standard InChI is InChI=1S/C16H21N5O/c17-10-9-13-6-4-5-11-20(13)16(22)15-12-18-21(19-15)14-7-2-1-3-8-14/h1-3,7-8,12-13H,4-6,9-11,17H2. The number of rotatable bonds is 4. The lowest BCUT2D eigenvalue weighted by Gasteiger charge is -2.35. The van der Waals surface area contributed by atoms with E-state index in [4.69, 9.17) is 5.73 Å². The van der Waals surface area contributed by atoms with Gasteiger partial charge in [-0.25, -0.2) is 0 Å². The molecule has 1 unspecified atom stereocenters. The highest BCUT2D eigenvalue weighted by atomic mass is 16.2. The van der Waals surface area contributed by atoms with Crippen LogP contribution in [0.5, 0.6) is 0 Å². The van der Waals surface area contributed by atoms with Crippen LogP contribution >= 0.6 is 0 Å². The van der Waals surface area contributed by atoms with Crippen LogP contribution in [-0.4, -0.2) is 44.9 Å². The van der Waals surface area contributed by atoms with Gasteiger partial charge >= 0.3 is 0 Å². The predicted octanol–water partition coefficient (Wildman–Crippen LogP) is 1.61. The van der Waals surface area contributed by atoms with Crippen molar-refractivity contribution in [1.29, 1.82) is 0 Å². The summed E-state index contributed by atoms with van der Waals surface area (Å²) in [5.41, 5.74) is 6.91. The van der Waals surface area contributed by atoms with Gasteiger partial charge in [-0.15, -0.1) is 5.10 Å². The molecule has 1 aliphatic rings. The first-order chi connectivity index (χ1) is 10.8. The van der Waals surface area contributed by atoms with Crippen molar-refractivity contribution in [1.82, 2.24) is 19.9 Å². The Balaban J connectivity index is 1.78. The number of piperidine rings is 1. The quantitative estimate of drug-likeness (QED) is 0.930. The molecule has 1 fully saturated rings. The summed E-state index contributed by atoms with van der Waals surface area (Å²) in [6, 6.07) is 9.82. The molecule has 2 heterocycles. The molecule has 116 valence electrons. The Hall–Kier alpha value is -2.21. The van der Waals surface area contributed by atoms with Crippen LogP contribution in [0, 0.1) is 0 Å². The molecule has 1 saturated heterocycles. The largest absolute Gasteiger partial charge is 0.334 e. The number of aromatic nitrogens is 3. The van der Waals surface area contributed by atoms with Crippen LogP contribution in [0.15, 0.2) is 36.5 Å². The molecule has 1 aromatic carbocycles. The summed E-state index contributed by atoms with van der Waals surface area (Å²) in [7, 11) is 0. The Morgan fingerprint density at radius 1 is 1.27 bits per heavy atom. The fraction of sp³-hybridized carbons (Fsp3) is 0.438. The van der Waals surface area contributed by atoms with Crippen molar-refractivity contribution >= 4 is 5.91 Å². The zero-order valence-corrected chi connectivity index (χ0v) is 12.6. The number of benzene rings is 1. The van der Waals surface area contributed by atoms with E-state index in [2.05, 4.69) is 10.2 Å². The van der Waals surface area contributed by atoms with Crippen LogP contribution in [0.4, 0.5) is 0 Å². The molecular formula is C16H21N5O. The number of nitrogens with two attached hydrogens (primary N) is 1. The van der Waals surface area contributed by atoms with Crippen LogP contribution in [0.1, 0.15) is 36.2 Å². The number of hydrogen-bond acceptors (Lipinski definition) is 4. The van der Waals surface area contributed by atoms with E-state index in [1.165, 1.54) is 4.80 Å². The highest BCUT2D eigenvalue weighted by Gasteiger charge is 2.28. The second-order valence-corrected chi connectivity index (χ2v) is 5.58. The third-order valence-corrected chi connectivity index (χ3v) is 4.09. The summed E-state index contributed by atoms with van der Waals surface area (Å²) in [5, 5.41) is 8.54. The topological polar surface area (TPSA) is 77.0 Å². The maximum absolute atomic E-state index is 12.7. The van der Waals surface area contributed by atoms with E-state index < -0.39 is 0 Å². The lowest BCUT2D eigenvalue weighted by Crippen LogP contribution is -2.44. The second-order valence-electron chi connectivity index (χ2n) is 5.58. The number of likely N-dealkylation sites (tertiary alicyclic amines) is 1. The minimum Gasteiger partial charge on any atom is -0.334 e. The van der Waals surface area contributed by atoms with E-state index in [9.17, 15) is 4.79 Å². The zero-order chi connectivity index (χ0) is 15.4. The maximum Gasteiger partial charge on any atom is 0.276 e. The summed E-state index contributed by atoms with van der Waals surface area (Å²) in [5.74, 6) is -0.0414. The van der Waals surface area contributed by atoms with Gasteiger partial charge in [0.25, 0.3) is 5.91 Å². The molecule has 1 aromatic heterocycles. The van der Waals surface area contributed by atoms with E-state index >= 15 is 0 Å². The average Bonchev–Trinajstić information content (AvgIpc) is 3.06. The van der Waals surface area contributed by atoms with Gasteiger partial charge in [-0.1, -0.05) is 18.2 Å². The highest BCUT2D eigenvalue weighted by molar-refractivity contribution is 5.92. The van der Waals surface area contributed by atoms with Gasteiger partial charge in [-0.2, -0.15) is 9.90 Å². The predicted molar refractivity (Wildman–Crippen MR) is 83.7 cm³/mol. The summed E-state index contributed by atoms with van der Waals surface area (Å²) in [6.07, 6.45) is 5.61. The molecule has 1 aliphatic heterocycles. The van der Waals surface area contributed by atoms with Gasteiger partial charge in [0.2, 0.25) is 0 Å². The Morgan fingerprint density at radius 3 is 2.86 bits per heavy atom. The molecule has 0 radical (unpaired) electrons. The van der Waals surface area contributed by atoms with E-state index in [0.29, 0.717) is 12.2 Å². The van der Waals surface area contributed by atoms with Crippen LogP contribution in [-0.2, 0) is 0 Å². The lowest BCUT2D eigenvalue weighted by atomic mass is 9.99. The van der Waals surface area contributed by atoms with Gasteiger partial charge in [0.05, 0.1) is 11.9 Å². The van der Waals surface area contributed by atoms with E-state index in [-0.39, 0.29) is 11.9 Å². The third-order valence-electron chi connectivity index (χ3n) is 4.09. The van der Waals surface area contributed by atoms with Crippen molar-refractivity contribution in [2.45, 2.75) is 31.7 Å². The van der Waals surface area contributed by atoms with E-state index in [1.807, 2.05) is 35.2 Å². The summed E-state index contributed by atoms with van der Waals surface area (Å²) >= 11 is 0. The van der Waals surface area contributed by atoms with E-state index in [0.717, 1.165) is 37.9 Å². The van der Waals surface area contributed by atoms with Gasteiger partial charge in [0, 0.05) is 12.6 Å². The Bertz CT molecular complexity index is 622. The SMILES string of the molecule is NCCC1CCCCN1C(=O)c1cnn(-c2ccccc2)n1. The number of amides is 1. The Kier molecular flexibility index (Phi) is 4.48. The third kappa shape index (κ3) is 3.01. The van der Waals surface area contributed by atoms with Crippen molar-refractivity contribution in [2.75, 3.05) is 13.1 Å². The van der Waals surface area contributed by atoms with Crippen LogP contribution in [0.3, 0.4) is 0 Å². The maximum atomic E-state index is 12.7. The van der Waals surface area contributed by atoms with Crippen molar-refractivity contribution in [3.63, 3.8) is 0 Å². The number of nitrogens with zero attached hydrogens (tertiary/aromatic N) is 4. The fourth-order valence-corrected chi connectivity index (χ4v) is 2.95. The van der Waals surface area contributed by atoms with Gasteiger partial charge in [0.1, 0.15) is 0 Å². The zero-order valence-electron chi connectivity index (χ0n) is 12.6. The minimum absolute atomic E-state index is 0.0414. The van der Waals surface area contributed by atoms with Gasteiger partial charge in [-0.05, 0) is 44.4 Å². The smallest absolute Gasteiger partial charge is 0.276 e. The molecule has 2 aromatic rings. The molecule has 3 rings (SSSR count). The summed E-state index contributed by atoms with van der Waals surface area (Å²) < 4.78 is 0. The molecular weight excluding hydrogens is 278 g/mol. The molecule has 1 amide bonds. The molecule has 2 N–H and O–H groups in total. The molecule has 0 spiro atoms. The van der Waals surface area contributed by atoms with E-state index in [1.54, 1.807) is 6.20 Å². The first-order valence-electron chi connectivity index (χ1n) is 7.78. The fourth-order valence-electron chi connectivity index (χ4n) is 2.95. The van der Waals surface area contributed by atoms with Crippen molar-refractivity contribution < 1.29 is 4.79 Å². The van der Waals surface area contributed by atoms with Crippen LogP contribution < -0.4 is 5.73 Å². The van der Waals surface area contributed by atoms with Crippen LogP contribution in [0.25, 0.3) is 5.69 Å². The molecule has 0 aliphatic carbocycles. The summed E-state index contributed by atoms with van der Waals surface area (Å²) in [4.78, 5) is 16.1. The number of carbonyl (C=O) groups excluding carboxylic acids is 1. The molecule has 0 saturated carbocycles. The molecule has 0 bridgehead atoms. The van der Waals surface area contributed by atoms with Crippen LogP contribution in [0.2, 0.25) is 0 Å². The van der Waals surface area contributed by atoms with Gasteiger partial charge in [0.15, 0.2) is 5.69 Å². The number of carbonyl (C=O) groups is 1. The second kappa shape index (κ2) is 6.70. The summed E-state index contributed by atoms with van der Waals surface area (Å²) in [6.45, 7) is 1.38. The van der Waals surface area contributed by atoms with Crippen molar-refractivity contribution in [2.24, 2.45) is 5.73 Å². The Morgan fingerprint density at radius 2 is 2.09 bits per heavy atom. The lowest BCUT2D eigenvalue weighted by molar-refractivity contribution is 0.0598. The van der Waals surface area contributed by atoms with Gasteiger partial charge < -0.3 is 10.6 Å². The van der Waals surface area contributed by atoms with Crippen molar-refractivity contribution in [3.8, 4) is 5.69 Å². The normalized spacial score (nSPS) is 18.4. The average molecular weight is 299 g/mol. The molecule has 6 nitrogen and oxygen atoms in total. The van der Waals surface area contributed by atoms with Gasteiger partial charge in [-0.3, -0.25) is 4.79 Å². The molecule has 1 atom stereocenters. The number of para-hydroxylation sites is 1. The Labute approximate surface area is 129 Å². The van der Waals surface area contributed by atoms with Crippen molar-refractivity contribution in [3.05, 3.63) is 42.2 Å². The minimum atomic E-state index is -0.0414. The first-order valence-corrected chi connectivity index (χ1v) is 7.78. The molecule has 6 heteroatoms. The highest BCUT2D eigenvalue weighted by Crippen LogP contribution is 2.21.